The summed E-state index contributed by atoms with van der Waals surface area (Å²) in [6, 6.07) is 13.7. The second-order valence-electron chi connectivity index (χ2n) is 6.24. The van der Waals surface area contributed by atoms with Gasteiger partial charge in [-0.25, -0.2) is 0 Å². The van der Waals surface area contributed by atoms with Crippen LogP contribution in [-0.4, -0.2) is 48.2 Å². The van der Waals surface area contributed by atoms with E-state index in [1.807, 2.05) is 6.07 Å². The molecule has 2 aromatic carbocycles. The van der Waals surface area contributed by atoms with E-state index in [0.717, 1.165) is 16.7 Å². The minimum atomic E-state index is -0.690. The molecule has 1 aliphatic rings. The summed E-state index contributed by atoms with van der Waals surface area (Å²) >= 11 is 6.94. The van der Waals surface area contributed by atoms with Crippen molar-refractivity contribution in [1.82, 2.24) is 4.90 Å². The predicted octanol–water partition coefficient (Wildman–Crippen LogP) is 3.57. The monoisotopic (exact) mass is 460 g/mol. The first-order valence-corrected chi connectivity index (χ1v) is 10.2. The third-order valence-electron chi connectivity index (χ3n) is 4.06. The lowest BCUT2D eigenvalue weighted by molar-refractivity contribution is -0.143. The van der Waals surface area contributed by atoms with Gasteiger partial charge in [0, 0.05) is 5.69 Å². The maximum atomic E-state index is 12.4. The van der Waals surface area contributed by atoms with Crippen molar-refractivity contribution in [2.24, 2.45) is 0 Å². The fourth-order valence-electron chi connectivity index (χ4n) is 2.57. The number of nitrogens with zero attached hydrogens (tertiary/aromatic N) is 1. The highest BCUT2D eigenvalue weighted by Crippen LogP contribution is 2.33. The van der Waals surface area contributed by atoms with Gasteiger partial charge in [-0.3, -0.25) is 24.1 Å². The fourth-order valence-corrected chi connectivity index (χ4v) is 3.65. The van der Waals surface area contributed by atoms with Crippen molar-refractivity contribution in [2.75, 3.05) is 25.6 Å². The number of rotatable bonds is 7. The number of hydrogen-bond donors (Lipinski definition) is 1. The lowest BCUT2D eigenvalue weighted by atomic mass is 10.2. The van der Waals surface area contributed by atoms with Crippen molar-refractivity contribution in [3.05, 3.63) is 64.0 Å². The lowest BCUT2D eigenvalue weighted by Crippen LogP contribution is -2.34. The van der Waals surface area contributed by atoms with Crippen LogP contribution in [0.5, 0.6) is 5.75 Å². The van der Waals surface area contributed by atoms with Gasteiger partial charge in [0.05, 0.1) is 17.0 Å². The number of esters is 1. The zero-order valence-corrected chi connectivity index (χ0v) is 17.9. The molecule has 10 heteroatoms. The molecule has 160 valence electrons. The molecular weight excluding hydrogens is 444 g/mol. The molecule has 0 spiro atoms. The summed E-state index contributed by atoms with van der Waals surface area (Å²) in [5.74, 6) is -1.33. The lowest BCUT2D eigenvalue weighted by Gasteiger charge is -2.10. The Balaban J connectivity index is 1.63. The Labute approximate surface area is 187 Å². The molecule has 0 atom stereocenters. The third kappa shape index (κ3) is 5.87. The van der Waals surface area contributed by atoms with Crippen molar-refractivity contribution >= 4 is 58.1 Å². The maximum Gasteiger partial charge on any atom is 0.325 e. The zero-order valence-electron chi connectivity index (χ0n) is 16.3. The Hall–Kier alpha value is -3.30. The molecule has 3 rings (SSSR count). The standard InChI is InChI=1S/C21H17ClN2O6S/c1-29-19(26)11-24-20(27)17(31-21(24)28)10-13-7-8-16(15(22)9-13)30-12-18(25)23-14-5-3-2-4-6-14/h2-10H,11-12H2,1H3,(H,23,25). The topological polar surface area (TPSA) is 102 Å². The smallest absolute Gasteiger partial charge is 0.325 e. The number of amides is 3. The van der Waals surface area contributed by atoms with Crippen LogP contribution in [-0.2, 0) is 19.1 Å². The fraction of sp³-hybridized carbons (Fsp3) is 0.143. The van der Waals surface area contributed by atoms with Crippen molar-refractivity contribution in [3.8, 4) is 5.75 Å². The number of para-hydroxylation sites is 1. The molecule has 2 aromatic rings. The summed E-state index contributed by atoms with van der Waals surface area (Å²) < 4.78 is 9.95. The van der Waals surface area contributed by atoms with Gasteiger partial charge in [-0.1, -0.05) is 35.9 Å². The van der Waals surface area contributed by atoms with Crippen LogP contribution in [0.15, 0.2) is 53.4 Å². The summed E-state index contributed by atoms with van der Waals surface area (Å²) in [6.07, 6.45) is 1.49. The number of thioether (sulfide) groups is 1. The number of nitrogens with one attached hydrogen (secondary N) is 1. The van der Waals surface area contributed by atoms with Crippen LogP contribution in [0.1, 0.15) is 5.56 Å². The number of benzene rings is 2. The highest BCUT2D eigenvalue weighted by Gasteiger charge is 2.36. The molecule has 0 aromatic heterocycles. The van der Waals surface area contributed by atoms with Crippen LogP contribution < -0.4 is 10.1 Å². The van der Waals surface area contributed by atoms with Gasteiger partial charge in [-0.05, 0) is 47.7 Å². The summed E-state index contributed by atoms with van der Waals surface area (Å²) in [5, 5.41) is 2.37. The molecule has 0 radical (unpaired) electrons. The third-order valence-corrected chi connectivity index (χ3v) is 5.26. The van der Waals surface area contributed by atoms with Crippen molar-refractivity contribution in [3.63, 3.8) is 0 Å². The Bertz CT molecular complexity index is 1060. The first-order chi connectivity index (χ1) is 14.9. The quantitative estimate of drug-likeness (QED) is 0.497. The second-order valence-corrected chi connectivity index (χ2v) is 7.64. The van der Waals surface area contributed by atoms with E-state index in [-0.39, 0.29) is 22.4 Å². The maximum absolute atomic E-state index is 12.4. The average molecular weight is 461 g/mol. The summed E-state index contributed by atoms with van der Waals surface area (Å²) in [4.78, 5) is 48.6. The number of carbonyl (C=O) groups excluding carboxylic acids is 4. The van der Waals surface area contributed by atoms with Crippen molar-refractivity contribution in [2.45, 2.75) is 0 Å². The van der Waals surface area contributed by atoms with Gasteiger partial charge in [-0.2, -0.15) is 0 Å². The number of carbonyl (C=O) groups is 4. The van der Waals surface area contributed by atoms with Gasteiger partial charge in [0.1, 0.15) is 12.3 Å². The Morgan fingerprint density at radius 2 is 1.90 bits per heavy atom. The molecular formula is C21H17ClN2O6S. The van der Waals surface area contributed by atoms with Crippen LogP contribution in [0, 0.1) is 0 Å². The van der Waals surface area contributed by atoms with E-state index < -0.39 is 23.7 Å². The molecule has 1 N–H and O–H groups in total. The molecule has 0 aliphatic carbocycles. The van der Waals surface area contributed by atoms with Gasteiger partial charge in [0.15, 0.2) is 6.61 Å². The number of hydrogen-bond acceptors (Lipinski definition) is 7. The first-order valence-electron chi connectivity index (χ1n) is 8.97. The van der Waals surface area contributed by atoms with Crippen LogP contribution in [0.4, 0.5) is 10.5 Å². The van der Waals surface area contributed by atoms with Gasteiger partial charge >= 0.3 is 5.97 Å². The molecule has 31 heavy (non-hydrogen) atoms. The minimum absolute atomic E-state index is 0.154. The Morgan fingerprint density at radius 3 is 2.58 bits per heavy atom. The molecule has 0 saturated carbocycles. The number of halogens is 1. The van der Waals surface area contributed by atoms with Crippen LogP contribution >= 0.6 is 23.4 Å². The number of imide groups is 1. The second kappa shape index (κ2) is 10.1. The molecule has 1 saturated heterocycles. The predicted molar refractivity (Wildman–Crippen MR) is 117 cm³/mol. The van der Waals surface area contributed by atoms with Crippen LogP contribution in [0.25, 0.3) is 6.08 Å². The van der Waals surface area contributed by atoms with E-state index in [4.69, 9.17) is 16.3 Å². The van der Waals surface area contributed by atoms with Gasteiger partial charge in [0.25, 0.3) is 17.1 Å². The molecule has 0 unspecified atom stereocenters. The average Bonchev–Trinajstić information content (AvgIpc) is 3.01. The largest absolute Gasteiger partial charge is 0.482 e. The summed E-state index contributed by atoms with van der Waals surface area (Å²) in [6.45, 7) is -0.683. The zero-order chi connectivity index (χ0) is 22.4. The van der Waals surface area contributed by atoms with E-state index >= 15 is 0 Å². The van der Waals surface area contributed by atoms with Gasteiger partial charge < -0.3 is 14.8 Å². The van der Waals surface area contributed by atoms with E-state index in [1.54, 1.807) is 42.5 Å². The number of methoxy groups -OCH3 is 1. The van der Waals surface area contributed by atoms with Crippen LogP contribution in [0.2, 0.25) is 5.02 Å². The Morgan fingerprint density at radius 1 is 1.16 bits per heavy atom. The van der Waals surface area contributed by atoms with Crippen molar-refractivity contribution in [1.29, 1.82) is 0 Å². The van der Waals surface area contributed by atoms with Gasteiger partial charge in [0.2, 0.25) is 0 Å². The minimum Gasteiger partial charge on any atom is -0.482 e. The number of anilines is 1. The molecule has 1 heterocycles. The highest BCUT2D eigenvalue weighted by molar-refractivity contribution is 8.18. The van der Waals surface area contributed by atoms with Crippen molar-refractivity contribution < 1.29 is 28.7 Å². The van der Waals surface area contributed by atoms with E-state index in [0.29, 0.717) is 17.0 Å². The molecule has 1 fully saturated rings. The van der Waals surface area contributed by atoms with Crippen LogP contribution in [0.3, 0.4) is 0 Å². The number of ether oxygens (including phenoxy) is 2. The van der Waals surface area contributed by atoms with E-state index in [2.05, 4.69) is 10.1 Å². The van der Waals surface area contributed by atoms with E-state index in [9.17, 15) is 19.2 Å². The summed E-state index contributed by atoms with van der Waals surface area (Å²) in [7, 11) is 1.17. The Kier molecular flexibility index (Phi) is 7.32. The normalized spacial score (nSPS) is 14.6. The summed E-state index contributed by atoms with van der Waals surface area (Å²) in [5.41, 5.74) is 1.20. The molecule has 8 nitrogen and oxygen atoms in total. The highest BCUT2D eigenvalue weighted by atomic mass is 35.5. The SMILES string of the molecule is COC(=O)CN1C(=O)SC(=Cc2ccc(OCC(=O)Nc3ccccc3)c(Cl)c2)C1=O. The first kappa shape index (κ1) is 22.4. The molecule has 3 amide bonds. The molecule has 0 bridgehead atoms. The van der Waals surface area contributed by atoms with Gasteiger partial charge in [-0.15, -0.1) is 0 Å². The van der Waals surface area contributed by atoms with E-state index in [1.165, 1.54) is 13.2 Å². The molecule has 1 aliphatic heterocycles.